The van der Waals surface area contributed by atoms with E-state index in [1.807, 2.05) is 40.7 Å². The van der Waals surface area contributed by atoms with E-state index >= 15 is 0 Å². The van der Waals surface area contributed by atoms with Crippen LogP contribution in [0.4, 0.5) is 0 Å². The van der Waals surface area contributed by atoms with Gasteiger partial charge in [0.1, 0.15) is 0 Å². The number of carbonyl (C=O) groups is 1. The smallest absolute Gasteiger partial charge is 0.400 e. The van der Waals surface area contributed by atoms with Crippen LogP contribution in [0.5, 0.6) is 0 Å². The second kappa shape index (κ2) is 6.75. The minimum atomic E-state index is -0.492. The maximum atomic E-state index is 11.4. The van der Waals surface area contributed by atoms with E-state index < -0.39 is 18.3 Å². The first-order chi connectivity index (χ1) is 10.6. The van der Waals surface area contributed by atoms with Crippen molar-refractivity contribution in [3.8, 4) is 0 Å². The summed E-state index contributed by atoms with van der Waals surface area (Å²) in [5.41, 5.74) is 1.61. The molecule has 1 saturated heterocycles. The fraction of sp³-hybridized carbons (Fsp3) is 0.562. The second-order valence-corrected chi connectivity index (χ2v) is 7.83. The highest BCUT2D eigenvalue weighted by Gasteiger charge is 2.52. The van der Waals surface area contributed by atoms with E-state index in [4.69, 9.17) is 9.31 Å². The van der Waals surface area contributed by atoms with Gasteiger partial charge in [0.15, 0.2) is 5.12 Å². The molecule has 5 nitrogen and oxygen atoms in total. The molecular weight excluding hydrogens is 311 g/mol. The molecule has 0 atom stereocenters. The van der Waals surface area contributed by atoms with Gasteiger partial charge < -0.3 is 9.31 Å². The second-order valence-electron chi connectivity index (χ2n) is 6.67. The fourth-order valence-electron chi connectivity index (χ4n) is 2.10. The molecule has 0 spiro atoms. The van der Waals surface area contributed by atoms with E-state index in [1.54, 1.807) is 19.3 Å². The van der Waals surface area contributed by atoms with Crippen LogP contribution in [-0.4, -0.2) is 39.2 Å². The third kappa shape index (κ3) is 4.43. The summed E-state index contributed by atoms with van der Waals surface area (Å²) < 4.78 is 12.2. The van der Waals surface area contributed by atoms with Gasteiger partial charge in [-0.3, -0.25) is 14.8 Å². The van der Waals surface area contributed by atoms with E-state index in [0.29, 0.717) is 5.75 Å². The van der Waals surface area contributed by atoms with Crippen LogP contribution in [-0.2, 0) is 14.1 Å². The molecule has 124 valence electrons. The molecule has 0 unspecified atom stereocenters. The van der Waals surface area contributed by atoms with Crippen molar-refractivity contribution in [1.82, 2.24) is 9.97 Å². The van der Waals surface area contributed by atoms with Crippen LogP contribution in [0.2, 0.25) is 0 Å². The predicted molar refractivity (Wildman–Crippen MR) is 94.0 cm³/mol. The molecule has 1 aliphatic heterocycles. The minimum absolute atomic E-state index is 0.0581. The fourth-order valence-corrected chi connectivity index (χ4v) is 2.69. The van der Waals surface area contributed by atoms with Crippen LogP contribution in [0.25, 0.3) is 6.08 Å². The molecule has 1 aliphatic rings. The standard InChI is InChI=1S/C16H23BN2O3S/c1-11-8-18-9-14(19-11)7-13(10-23-12(2)20)17-21-15(3,4)16(5,6)22-17/h7-9H,10H2,1-6H3. The molecule has 7 heteroatoms. The molecule has 0 bridgehead atoms. The molecule has 1 aromatic heterocycles. The third-order valence-corrected chi connectivity index (χ3v) is 4.99. The molecule has 0 saturated carbocycles. The molecular formula is C16H23BN2O3S. The van der Waals surface area contributed by atoms with Crippen molar-refractivity contribution in [2.24, 2.45) is 0 Å². The zero-order chi connectivity index (χ0) is 17.3. The van der Waals surface area contributed by atoms with Crippen molar-refractivity contribution >= 4 is 30.1 Å². The molecule has 0 aromatic carbocycles. The highest BCUT2D eigenvalue weighted by Crippen LogP contribution is 2.39. The van der Waals surface area contributed by atoms with Crippen LogP contribution in [0.1, 0.15) is 46.0 Å². The summed E-state index contributed by atoms with van der Waals surface area (Å²) in [6, 6.07) is 0. The summed E-state index contributed by atoms with van der Waals surface area (Å²) in [5, 5.41) is 0.0581. The van der Waals surface area contributed by atoms with Crippen molar-refractivity contribution in [1.29, 1.82) is 0 Å². The normalized spacial score (nSPS) is 19.9. The Morgan fingerprint density at radius 3 is 2.39 bits per heavy atom. The van der Waals surface area contributed by atoms with Crippen molar-refractivity contribution in [2.75, 3.05) is 5.75 Å². The lowest BCUT2D eigenvalue weighted by Crippen LogP contribution is -2.41. The number of hydrogen-bond donors (Lipinski definition) is 0. The Hall–Kier alpha value is -1.18. The van der Waals surface area contributed by atoms with Gasteiger partial charge in [-0.05, 0) is 46.2 Å². The van der Waals surface area contributed by atoms with Crippen molar-refractivity contribution in [3.05, 3.63) is 29.3 Å². The van der Waals surface area contributed by atoms with Crippen LogP contribution < -0.4 is 0 Å². The molecule has 0 aliphatic carbocycles. The van der Waals surface area contributed by atoms with Crippen molar-refractivity contribution in [2.45, 2.75) is 52.7 Å². The summed E-state index contributed by atoms with van der Waals surface area (Å²) in [6.45, 7) is 11.5. The van der Waals surface area contributed by atoms with Crippen molar-refractivity contribution in [3.63, 3.8) is 0 Å². The Morgan fingerprint density at radius 2 is 1.87 bits per heavy atom. The topological polar surface area (TPSA) is 61.3 Å². The molecule has 23 heavy (non-hydrogen) atoms. The number of rotatable bonds is 4. The number of nitrogens with zero attached hydrogens (tertiary/aromatic N) is 2. The van der Waals surface area contributed by atoms with E-state index in [1.165, 1.54) is 11.8 Å². The van der Waals surface area contributed by atoms with Crippen molar-refractivity contribution < 1.29 is 14.1 Å². The van der Waals surface area contributed by atoms with E-state index in [2.05, 4.69) is 9.97 Å². The van der Waals surface area contributed by atoms with Gasteiger partial charge in [0.2, 0.25) is 0 Å². The Labute approximate surface area is 142 Å². The SMILES string of the molecule is CC(=O)SCC(=Cc1cncc(C)n1)B1OC(C)(C)C(C)(C)O1. The number of aryl methyl sites for hydroxylation is 1. The van der Waals surface area contributed by atoms with Crippen LogP contribution >= 0.6 is 11.8 Å². The average Bonchev–Trinajstić information content (AvgIpc) is 2.63. The Kier molecular flexibility index (Phi) is 5.33. The van der Waals surface area contributed by atoms with Gasteiger partial charge in [-0.1, -0.05) is 11.8 Å². The number of carbonyl (C=O) groups excluding carboxylic acids is 1. The average molecular weight is 334 g/mol. The number of aromatic nitrogens is 2. The van der Waals surface area contributed by atoms with Crippen LogP contribution in [0, 0.1) is 6.92 Å². The summed E-state index contributed by atoms with van der Waals surface area (Å²) >= 11 is 1.23. The minimum Gasteiger partial charge on any atom is -0.400 e. The molecule has 0 radical (unpaired) electrons. The molecule has 1 fully saturated rings. The maximum Gasteiger partial charge on any atom is 0.491 e. The van der Waals surface area contributed by atoms with Gasteiger partial charge in [-0.25, -0.2) is 0 Å². The van der Waals surface area contributed by atoms with E-state index in [-0.39, 0.29) is 5.12 Å². The molecule has 0 N–H and O–H groups in total. The molecule has 2 rings (SSSR count). The zero-order valence-corrected chi connectivity index (χ0v) is 15.4. The van der Waals surface area contributed by atoms with Gasteiger partial charge in [0.25, 0.3) is 0 Å². The predicted octanol–water partition coefficient (Wildman–Crippen LogP) is 3.08. The van der Waals surface area contributed by atoms with E-state index in [9.17, 15) is 4.79 Å². The summed E-state index contributed by atoms with van der Waals surface area (Å²) in [4.78, 5) is 19.9. The first kappa shape index (κ1) is 18.2. The highest BCUT2D eigenvalue weighted by molar-refractivity contribution is 8.13. The zero-order valence-electron chi connectivity index (χ0n) is 14.5. The lowest BCUT2D eigenvalue weighted by Gasteiger charge is -2.32. The monoisotopic (exact) mass is 334 g/mol. The molecule has 2 heterocycles. The first-order valence-electron chi connectivity index (χ1n) is 7.59. The summed E-state index contributed by atoms with van der Waals surface area (Å²) in [6.07, 6.45) is 5.30. The van der Waals surface area contributed by atoms with Gasteiger partial charge >= 0.3 is 7.12 Å². The number of thioether (sulfide) groups is 1. The lowest BCUT2D eigenvalue weighted by molar-refractivity contribution is -0.109. The van der Waals surface area contributed by atoms with Gasteiger partial charge in [-0.15, -0.1) is 0 Å². The van der Waals surface area contributed by atoms with Crippen LogP contribution in [0.3, 0.4) is 0 Å². The lowest BCUT2D eigenvalue weighted by atomic mass is 9.78. The van der Waals surface area contributed by atoms with E-state index in [0.717, 1.165) is 16.9 Å². The Morgan fingerprint density at radius 1 is 1.26 bits per heavy atom. The largest absolute Gasteiger partial charge is 0.491 e. The quantitative estimate of drug-likeness (QED) is 0.789. The first-order valence-corrected chi connectivity index (χ1v) is 8.57. The Bertz CT molecular complexity index is 616. The molecule has 0 amide bonds. The Balaban J connectivity index is 2.30. The van der Waals surface area contributed by atoms with Gasteiger partial charge in [0.05, 0.1) is 28.8 Å². The molecule has 1 aromatic rings. The van der Waals surface area contributed by atoms with Crippen LogP contribution in [0.15, 0.2) is 17.9 Å². The van der Waals surface area contributed by atoms with Gasteiger partial charge in [-0.2, -0.15) is 0 Å². The summed E-state index contributed by atoms with van der Waals surface area (Å²) in [7, 11) is -0.492. The third-order valence-electron chi connectivity index (χ3n) is 4.11. The highest BCUT2D eigenvalue weighted by atomic mass is 32.2. The summed E-state index contributed by atoms with van der Waals surface area (Å²) in [5.74, 6) is 0.502. The van der Waals surface area contributed by atoms with Gasteiger partial charge in [0, 0.05) is 18.9 Å². The maximum absolute atomic E-state index is 11.4. The number of hydrogen-bond acceptors (Lipinski definition) is 6.